The van der Waals surface area contributed by atoms with Crippen LogP contribution in [0, 0.1) is 11.3 Å². The van der Waals surface area contributed by atoms with E-state index in [1.807, 2.05) is 6.07 Å². The lowest BCUT2D eigenvalue weighted by Gasteiger charge is -2.11. The molecule has 1 amide bonds. The van der Waals surface area contributed by atoms with Gasteiger partial charge in [-0.2, -0.15) is 5.26 Å². The van der Waals surface area contributed by atoms with Crippen LogP contribution >= 0.6 is 0 Å². The number of carbonyl (C=O) groups is 1. The molecule has 6 nitrogen and oxygen atoms in total. The highest BCUT2D eigenvalue weighted by molar-refractivity contribution is 7.89. The third-order valence-electron chi connectivity index (χ3n) is 3.33. The predicted molar refractivity (Wildman–Crippen MR) is 94.2 cm³/mol. The van der Waals surface area contributed by atoms with Crippen molar-refractivity contribution in [3.8, 4) is 6.07 Å². The molecule has 0 fully saturated rings. The highest BCUT2D eigenvalue weighted by Gasteiger charge is 2.17. The third kappa shape index (κ3) is 5.14. The Morgan fingerprint density at radius 3 is 2.44 bits per heavy atom. The number of nitrogens with one attached hydrogen (secondary N) is 2. The normalized spacial score (nSPS) is 11.1. The van der Waals surface area contributed by atoms with E-state index in [0.717, 1.165) is 5.56 Å². The maximum absolute atomic E-state index is 12.3. The zero-order valence-corrected chi connectivity index (χ0v) is 14.8. The van der Waals surface area contributed by atoms with Gasteiger partial charge in [0.15, 0.2) is 0 Å². The quantitative estimate of drug-likeness (QED) is 0.827. The Balaban J connectivity index is 2.09. The fraction of sp³-hybridized carbons (Fsp3) is 0.222. The monoisotopic (exact) mass is 357 g/mol. The summed E-state index contributed by atoms with van der Waals surface area (Å²) in [6.45, 7) is 3.74. The minimum Gasteiger partial charge on any atom is -0.348 e. The van der Waals surface area contributed by atoms with E-state index in [-0.39, 0.29) is 29.0 Å². The first-order valence-electron chi connectivity index (χ1n) is 7.71. The molecule has 2 aromatic rings. The largest absolute Gasteiger partial charge is 0.348 e. The minimum absolute atomic E-state index is 0.0484. The third-order valence-corrected chi connectivity index (χ3v) is 4.99. The summed E-state index contributed by atoms with van der Waals surface area (Å²) in [6, 6.07) is 14.5. The van der Waals surface area contributed by atoms with Crippen LogP contribution in [0.5, 0.6) is 0 Å². The Bertz CT molecular complexity index is 898. The molecule has 0 aromatic heterocycles. The summed E-state index contributed by atoms with van der Waals surface area (Å²) in [5.74, 6) is -0.369. The summed E-state index contributed by atoms with van der Waals surface area (Å²) in [5.41, 5.74) is 1.66. The van der Waals surface area contributed by atoms with Crippen LogP contribution in [0.1, 0.15) is 35.3 Å². The smallest absolute Gasteiger partial charge is 0.251 e. The SMILES string of the molecule is CC(C)NS(=O)(=O)c1cccc(C(=O)NCc2ccc(C#N)cc2)c1. The summed E-state index contributed by atoms with van der Waals surface area (Å²) >= 11 is 0. The molecule has 0 saturated heterocycles. The molecular weight excluding hydrogens is 338 g/mol. The van der Waals surface area contributed by atoms with Crippen molar-refractivity contribution in [3.05, 3.63) is 65.2 Å². The van der Waals surface area contributed by atoms with Gasteiger partial charge in [-0.3, -0.25) is 4.79 Å². The number of amides is 1. The molecule has 2 N–H and O–H groups in total. The number of sulfonamides is 1. The standard InChI is InChI=1S/C18H19N3O3S/c1-13(2)21-25(23,24)17-5-3-4-16(10-17)18(22)20-12-15-8-6-14(11-19)7-9-15/h3-10,13,21H,12H2,1-2H3,(H,20,22). The van der Waals surface area contributed by atoms with Crippen LogP contribution in [0.2, 0.25) is 0 Å². The number of benzene rings is 2. The van der Waals surface area contributed by atoms with Gasteiger partial charge >= 0.3 is 0 Å². The van der Waals surface area contributed by atoms with E-state index >= 15 is 0 Å². The van der Waals surface area contributed by atoms with Gasteiger partial charge in [0, 0.05) is 18.2 Å². The fourth-order valence-corrected chi connectivity index (χ4v) is 3.46. The first kappa shape index (κ1) is 18.6. The summed E-state index contributed by atoms with van der Waals surface area (Å²) in [7, 11) is -3.65. The van der Waals surface area contributed by atoms with Crippen molar-refractivity contribution in [1.29, 1.82) is 5.26 Å². The molecule has 0 heterocycles. The average Bonchev–Trinajstić information content (AvgIpc) is 2.59. The molecule has 2 aromatic carbocycles. The first-order valence-corrected chi connectivity index (χ1v) is 9.20. The van der Waals surface area contributed by atoms with Gasteiger partial charge in [0.2, 0.25) is 10.0 Å². The maximum Gasteiger partial charge on any atom is 0.251 e. The van der Waals surface area contributed by atoms with Crippen LogP contribution in [0.25, 0.3) is 0 Å². The van der Waals surface area contributed by atoms with Gasteiger partial charge in [0.1, 0.15) is 0 Å². The van der Waals surface area contributed by atoms with E-state index in [1.165, 1.54) is 18.2 Å². The predicted octanol–water partition coefficient (Wildman–Crippen LogP) is 2.17. The van der Waals surface area contributed by atoms with Crippen molar-refractivity contribution in [3.63, 3.8) is 0 Å². The second-order valence-corrected chi connectivity index (χ2v) is 7.51. The molecule has 0 aliphatic heterocycles. The molecular formula is C18H19N3O3S. The summed E-state index contributed by atoms with van der Waals surface area (Å²) < 4.78 is 26.9. The van der Waals surface area contributed by atoms with Crippen molar-refractivity contribution < 1.29 is 13.2 Å². The lowest BCUT2D eigenvalue weighted by atomic mass is 10.1. The number of rotatable bonds is 6. The van der Waals surface area contributed by atoms with E-state index in [2.05, 4.69) is 10.0 Å². The fourth-order valence-electron chi connectivity index (χ4n) is 2.16. The van der Waals surface area contributed by atoms with E-state index < -0.39 is 10.0 Å². The van der Waals surface area contributed by atoms with Gasteiger partial charge in [-0.1, -0.05) is 18.2 Å². The molecule has 25 heavy (non-hydrogen) atoms. The number of nitrogens with zero attached hydrogens (tertiary/aromatic N) is 1. The van der Waals surface area contributed by atoms with Crippen LogP contribution in [-0.2, 0) is 16.6 Å². The molecule has 0 unspecified atom stereocenters. The Kier molecular flexibility index (Phi) is 5.91. The van der Waals surface area contributed by atoms with Crippen LogP contribution in [-0.4, -0.2) is 20.4 Å². The van der Waals surface area contributed by atoms with Crippen LogP contribution in [0.3, 0.4) is 0 Å². The molecule has 2 rings (SSSR count). The number of hydrogen-bond donors (Lipinski definition) is 2. The van der Waals surface area contributed by atoms with E-state index in [9.17, 15) is 13.2 Å². The Hall–Kier alpha value is -2.69. The van der Waals surface area contributed by atoms with Gasteiger partial charge < -0.3 is 5.32 Å². The summed E-state index contributed by atoms with van der Waals surface area (Å²) in [5, 5.41) is 11.5. The van der Waals surface area contributed by atoms with Crippen molar-refractivity contribution in [2.24, 2.45) is 0 Å². The van der Waals surface area contributed by atoms with E-state index in [0.29, 0.717) is 5.56 Å². The van der Waals surface area contributed by atoms with Crippen molar-refractivity contribution in [1.82, 2.24) is 10.0 Å². The minimum atomic E-state index is -3.65. The highest BCUT2D eigenvalue weighted by Crippen LogP contribution is 2.12. The Morgan fingerprint density at radius 1 is 1.16 bits per heavy atom. The molecule has 0 aliphatic carbocycles. The number of nitriles is 1. The Morgan fingerprint density at radius 2 is 1.84 bits per heavy atom. The van der Waals surface area contributed by atoms with E-state index in [4.69, 9.17) is 5.26 Å². The summed E-state index contributed by atoms with van der Waals surface area (Å²) in [4.78, 5) is 12.3. The van der Waals surface area contributed by atoms with Crippen molar-refractivity contribution in [2.45, 2.75) is 31.3 Å². The first-order chi connectivity index (χ1) is 11.8. The lowest BCUT2D eigenvalue weighted by Crippen LogP contribution is -2.30. The molecule has 7 heteroatoms. The average molecular weight is 357 g/mol. The van der Waals surface area contributed by atoms with Crippen LogP contribution in [0.4, 0.5) is 0 Å². The van der Waals surface area contributed by atoms with Crippen LogP contribution in [0.15, 0.2) is 53.4 Å². The lowest BCUT2D eigenvalue weighted by molar-refractivity contribution is 0.0950. The Labute approximate surface area is 147 Å². The van der Waals surface area contributed by atoms with Gasteiger partial charge in [-0.25, -0.2) is 13.1 Å². The molecule has 0 aliphatic rings. The summed E-state index contributed by atoms with van der Waals surface area (Å²) in [6.07, 6.45) is 0. The van der Waals surface area contributed by atoms with Gasteiger partial charge in [-0.05, 0) is 49.7 Å². The van der Waals surface area contributed by atoms with Gasteiger partial charge in [0.25, 0.3) is 5.91 Å². The van der Waals surface area contributed by atoms with Crippen LogP contribution < -0.4 is 10.0 Å². The molecule has 0 radical (unpaired) electrons. The molecule has 0 saturated carbocycles. The van der Waals surface area contributed by atoms with E-state index in [1.54, 1.807) is 44.2 Å². The van der Waals surface area contributed by atoms with Gasteiger partial charge in [-0.15, -0.1) is 0 Å². The molecule has 0 bridgehead atoms. The number of carbonyl (C=O) groups excluding carboxylic acids is 1. The molecule has 0 spiro atoms. The zero-order valence-electron chi connectivity index (χ0n) is 14.0. The van der Waals surface area contributed by atoms with Crippen molar-refractivity contribution in [2.75, 3.05) is 0 Å². The second-order valence-electron chi connectivity index (χ2n) is 5.80. The number of hydrogen-bond acceptors (Lipinski definition) is 4. The molecule has 0 atom stereocenters. The highest BCUT2D eigenvalue weighted by atomic mass is 32.2. The van der Waals surface area contributed by atoms with Gasteiger partial charge in [0.05, 0.1) is 16.5 Å². The zero-order chi connectivity index (χ0) is 18.4. The topological polar surface area (TPSA) is 99.1 Å². The van der Waals surface area contributed by atoms with Crippen molar-refractivity contribution >= 4 is 15.9 Å². The maximum atomic E-state index is 12.3. The second kappa shape index (κ2) is 7.92. The molecule has 130 valence electrons.